The smallest absolute Gasteiger partial charge is 0.134 e. The number of hydrogen-bond donors (Lipinski definition) is 2. The third kappa shape index (κ3) is 2.97. The van der Waals surface area contributed by atoms with E-state index in [1.807, 2.05) is 12.1 Å². The number of nitrogens with zero attached hydrogens (tertiary/aromatic N) is 1. The number of phenolic OH excluding ortho intramolecular Hbond substituents is 1. The number of aromatic hydroxyl groups is 1. The van der Waals surface area contributed by atoms with Crippen molar-refractivity contribution in [1.29, 1.82) is 0 Å². The van der Waals surface area contributed by atoms with E-state index in [0.29, 0.717) is 12.4 Å². The second kappa shape index (κ2) is 5.69. The molecule has 1 heterocycles. The van der Waals surface area contributed by atoms with Gasteiger partial charge in [-0.1, -0.05) is 22.0 Å². The van der Waals surface area contributed by atoms with Gasteiger partial charge >= 0.3 is 0 Å². The lowest BCUT2D eigenvalue weighted by Crippen LogP contribution is -2.03. The highest BCUT2D eigenvalue weighted by atomic mass is 79.9. The Morgan fingerprint density at radius 3 is 2.86 bits per heavy atom. The second-order valence-corrected chi connectivity index (χ2v) is 5.51. The highest BCUT2D eigenvalue weighted by Gasteiger charge is 2.06. The lowest BCUT2D eigenvalue weighted by Gasteiger charge is -2.10. The molecule has 0 saturated carbocycles. The molecule has 21 heavy (non-hydrogen) atoms. The maximum Gasteiger partial charge on any atom is 0.134 e. The van der Waals surface area contributed by atoms with Crippen molar-refractivity contribution in [3.8, 4) is 5.75 Å². The van der Waals surface area contributed by atoms with Crippen molar-refractivity contribution in [2.24, 2.45) is 0 Å². The van der Waals surface area contributed by atoms with E-state index in [1.54, 1.807) is 24.4 Å². The van der Waals surface area contributed by atoms with Crippen LogP contribution in [-0.2, 0) is 6.54 Å². The topological polar surface area (TPSA) is 45.2 Å². The second-order valence-electron chi connectivity index (χ2n) is 4.65. The summed E-state index contributed by atoms with van der Waals surface area (Å²) in [6.45, 7) is 0.431. The number of hydrogen-bond acceptors (Lipinski definition) is 3. The molecule has 106 valence electrons. The monoisotopic (exact) mass is 346 g/mol. The van der Waals surface area contributed by atoms with Crippen LogP contribution in [-0.4, -0.2) is 10.1 Å². The number of pyridine rings is 1. The number of benzene rings is 2. The molecule has 3 nitrogen and oxygen atoms in total. The first-order chi connectivity index (χ1) is 10.1. The first-order valence-electron chi connectivity index (χ1n) is 6.39. The fourth-order valence-corrected chi connectivity index (χ4v) is 2.54. The van der Waals surface area contributed by atoms with E-state index >= 15 is 0 Å². The maximum absolute atomic E-state index is 13.3. The molecule has 0 unspecified atom stereocenters. The van der Waals surface area contributed by atoms with Crippen LogP contribution in [0, 0.1) is 5.82 Å². The zero-order valence-corrected chi connectivity index (χ0v) is 12.6. The Morgan fingerprint density at radius 2 is 2.00 bits per heavy atom. The van der Waals surface area contributed by atoms with Gasteiger partial charge in [-0.25, -0.2) is 9.37 Å². The molecule has 0 aliphatic rings. The summed E-state index contributed by atoms with van der Waals surface area (Å²) in [6.07, 6.45) is 1.70. The van der Waals surface area contributed by atoms with Gasteiger partial charge in [0, 0.05) is 22.6 Å². The Morgan fingerprint density at radius 1 is 1.14 bits per heavy atom. The number of anilines is 1. The van der Waals surface area contributed by atoms with E-state index < -0.39 is 0 Å². The van der Waals surface area contributed by atoms with E-state index in [1.165, 1.54) is 12.1 Å². The SMILES string of the molecule is Oc1ccc2ccnc(NCc3cc(F)ccc3Br)c2c1. The highest BCUT2D eigenvalue weighted by molar-refractivity contribution is 9.10. The molecule has 0 fully saturated rings. The number of phenols is 1. The zero-order valence-electron chi connectivity index (χ0n) is 11.0. The Bertz CT molecular complexity index is 807. The van der Waals surface area contributed by atoms with E-state index in [0.717, 1.165) is 20.8 Å². The van der Waals surface area contributed by atoms with Gasteiger partial charge in [-0.2, -0.15) is 0 Å². The first kappa shape index (κ1) is 13.8. The van der Waals surface area contributed by atoms with Crippen molar-refractivity contribution in [3.63, 3.8) is 0 Å². The summed E-state index contributed by atoms with van der Waals surface area (Å²) in [5.74, 6) is 0.559. The minimum absolute atomic E-state index is 0.186. The lowest BCUT2D eigenvalue weighted by atomic mass is 10.1. The molecule has 2 aromatic carbocycles. The molecule has 0 aliphatic heterocycles. The third-order valence-corrected chi connectivity index (χ3v) is 3.98. The summed E-state index contributed by atoms with van der Waals surface area (Å²) in [6, 6.07) is 11.5. The fraction of sp³-hybridized carbons (Fsp3) is 0.0625. The average Bonchev–Trinajstić information content (AvgIpc) is 2.48. The number of nitrogens with one attached hydrogen (secondary N) is 1. The van der Waals surface area contributed by atoms with Gasteiger partial charge in [-0.15, -0.1) is 0 Å². The number of fused-ring (bicyclic) bond motifs is 1. The minimum Gasteiger partial charge on any atom is -0.508 e. The van der Waals surface area contributed by atoms with Crippen molar-refractivity contribution < 1.29 is 9.50 Å². The quantitative estimate of drug-likeness (QED) is 0.736. The Labute approximate surface area is 129 Å². The van der Waals surface area contributed by atoms with Crippen LogP contribution in [0.4, 0.5) is 10.2 Å². The summed E-state index contributed by atoms with van der Waals surface area (Å²) in [7, 11) is 0. The molecule has 0 atom stereocenters. The zero-order chi connectivity index (χ0) is 14.8. The first-order valence-corrected chi connectivity index (χ1v) is 7.18. The number of halogens is 2. The number of aromatic nitrogens is 1. The Balaban J connectivity index is 1.91. The summed E-state index contributed by atoms with van der Waals surface area (Å²) in [5.41, 5.74) is 0.800. The van der Waals surface area contributed by atoms with Crippen molar-refractivity contribution >= 4 is 32.5 Å². The molecule has 2 N–H and O–H groups in total. The molecule has 5 heteroatoms. The van der Waals surface area contributed by atoms with Gasteiger partial charge in [-0.05, 0) is 47.3 Å². The fourth-order valence-electron chi connectivity index (χ4n) is 2.15. The third-order valence-electron chi connectivity index (χ3n) is 3.20. The number of rotatable bonds is 3. The van der Waals surface area contributed by atoms with E-state index in [-0.39, 0.29) is 11.6 Å². The maximum atomic E-state index is 13.3. The van der Waals surface area contributed by atoms with Crippen LogP contribution in [0.5, 0.6) is 5.75 Å². The van der Waals surface area contributed by atoms with Gasteiger partial charge in [0.15, 0.2) is 0 Å². The molecule has 3 rings (SSSR count). The summed E-state index contributed by atoms with van der Waals surface area (Å²) >= 11 is 3.40. The van der Waals surface area contributed by atoms with Gasteiger partial charge in [0.05, 0.1) is 0 Å². The van der Waals surface area contributed by atoms with Crippen molar-refractivity contribution in [3.05, 3.63) is 64.5 Å². The molecule has 0 aliphatic carbocycles. The van der Waals surface area contributed by atoms with E-state index in [9.17, 15) is 9.50 Å². The molecular weight excluding hydrogens is 335 g/mol. The van der Waals surface area contributed by atoms with E-state index in [4.69, 9.17) is 0 Å². The van der Waals surface area contributed by atoms with Crippen molar-refractivity contribution in [2.45, 2.75) is 6.54 Å². The van der Waals surface area contributed by atoms with Crippen LogP contribution >= 0.6 is 15.9 Å². The predicted molar refractivity (Wildman–Crippen MR) is 84.8 cm³/mol. The van der Waals surface area contributed by atoms with E-state index in [2.05, 4.69) is 26.2 Å². The molecule has 1 aromatic heterocycles. The highest BCUT2D eigenvalue weighted by Crippen LogP contribution is 2.26. The standard InChI is InChI=1S/C16H12BrFN2O/c17-15-4-2-12(18)7-11(15)9-20-16-14-8-13(21)3-1-10(14)5-6-19-16/h1-8,21H,9H2,(H,19,20). The minimum atomic E-state index is -0.279. The molecule has 3 aromatic rings. The summed E-state index contributed by atoms with van der Waals surface area (Å²) in [5, 5.41) is 14.6. The van der Waals surface area contributed by atoms with Crippen LogP contribution in [0.3, 0.4) is 0 Å². The van der Waals surface area contributed by atoms with Crippen molar-refractivity contribution in [2.75, 3.05) is 5.32 Å². The predicted octanol–water partition coefficient (Wildman–Crippen LogP) is 4.45. The molecular formula is C16H12BrFN2O. The van der Waals surface area contributed by atoms with Gasteiger partial charge in [0.2, 0.25) is 0 Å². The Kier molecular flexibility index (Phi) is 3.75. The molecule has 0 saturated heterocycles. The van der Waals surface area contributed by atoms with Gasteiger partial charge < -0.3 is 10.4 Å². The van der Waals surface area contributed by atoms with Gasteiger partial charge in [-0.3, -0.25) is 0 Å². The summed E-state index contributed by atoms with van der Waals surface area (Å²) < 4.78 is 14.1. The molecule has 0 spiro atoms. The molecule has 0 amide bonds. The van der Waals surface area contributed by atoms with Gasteiger partial charge in [0.1, 0.15) is 17.4 Å². The largest absolute Gasteiger partial charge is 0.508 e. The van der Waals surface area contributed by atoms with Crippen LogP contribution in [0.1, 0.15) is 5.56 Å². The van der Waals surface area contributed by atoms with Crippen LogP contribution < -0.4 is 5.32 Å². The van der Waals surface area contributed by atoms with Crippen molar-refractivity contribution in [1.82, 2.24) is 4.98 Å². The summed E-state index contributed by atoms with van der Waals surface area (Å²) in [4.78, 5) is 4.28. The average molecular weight is 347 g/mol. The van der Waals surface area contributed by atoms with Crippen LogP contribution in [0.25, 0.3) is 10.8 Å². The molecule has 0 radical (unpaired) electrons. The van der Waals surface area contributed by atoms with Gasteiger partial charge in [0.25, 0.3) is 0 Å². The molecule has 0 bridgehead atoms. The van der Waals surface area contributed by atoms with Crippen LogP contribution in [0.15, 0.2) is 53.1 Å². The normalized spacial score (nSPS) is 10.8. The van der Waals surface area contributed by atoms with Crippen LogP contribution in [0.2, 0.25) is 0 Å². The lowest BCUT2D eigenvalue weighted by molar-refractivity contribution is 0.476. The Hall–Kier alpha value is -2.14.